The SMILES string of the molecule is Cc1nc(N(C)C(=O)Sc2c(N3CCN(CC(O)CN(C)C)C3=O)cc(C(F)(F)F)cc2C(F)(F)F)ccc1F. The zero-order valence-electron chi connectivity index (χ0n) is 21.8. The van der Waals surface area contributed by atoms with Gasteiger partial charge in [-0.25, -0.2) is 14.2 Å². The largest absolute Gasteiger partial charge is 0.417 e. The number of aliphatic hydroxyl groups is 1. The second-order valence-electron chi connectivity index (χ2n) is 9.33. The third kappa shape index (κ3) is 7.14. The van der Waals surface area contributed by atoms with Gasteiger partial charge in [-0.2, -0.15) is 26.3 Å². The number of likely N-dealkylation sites (N-methyl/N-ethyl adjacent to an activating group) is 1. The molecule has 1 aliphatic rings. The van der Waals surface area contributed by atoms with Gasteiger partial charge in [-0.3, -0.25) is 14.6 Å². The van der Waals surface area contributed by atoms with Crippen LogP contribution >= 0.6 is 11.8 Å². The first-order valence-electron chi connectivity index (χ1n) is 11.7. The maximum atomic E-state index is 14.1. The molecule has 0 bridgehead atoms. The Morgan fingerprint density at radius 1 is 1.10 bits per heavy atom. The molecule has 3 amide bonds. The number of aryl methyl sites for hydroxylation is 1. The molecule has 1 atom stereocenters. The Morgan fingerprint density at radius 2 is 1.75 bits per heavy atom. The zero-order chi connectivity index (χ0) is 30.2. The van der Waals surface area contributed by atoms with Crippen LogP contribution in [0.2, 0.25) is 0 Å². The van der Waals surface area contributed by atoms with E-state index in [-0.39, 0.29) is 55.5 Å². The molecule has 1 aliphatic heterocycles. The molecule has 0 spiro atoms. The number of carbonyl (C=O) groups excluding carboxylic acids is 2. The summed E-state index contributed by atoms with van der Waals surface area (Å²) in [6.45, 7) is 0.878. The summed E-state index contributed by atoms with van der Waals surface area (Å²) in [4.78, 5) is 33.4. The van der Waals surface area contributed by atoms with Crippen molar-refractivity contribution in [1.82, 2.24) is 14.8 Å². The Morgan fingerprint density at radius 3 is 2.30 bits per heavy atom. The molecule has 1 aromatic heterocycles. The molecule has 1 saturated heterocycles. The minimum absolute atomic E-state index is 0.0341. The van der Waals surface area contributed by atoms with E-state index in [1.807, 2.05) is 0 Å². The van der Waals surface area contributed by atoms with Gasteiger partial charge in [-0.15, -0.1) is 0 Å². The highest BCUT2D eigenvalue weighted by atomic mass is 32.2. The zero-order valence-corrected chi connectivity index (χ0v) is 22.6. The van der Waals surface area contributed by atoms with Gasteiger partial charge in [0.1, 0.15) is 11.6 Å². The lowest BCUT2D eigenvalue weighted by molar-refractivity contribution is -0.144. The van der Waals surface area contributed by atoms with Crippen LogP contribution in [-0.4, -0.2) is 84.6 Å². The molecule has 3 rings (SSSR count). The molecule has 0 aliphatic carbocycles. The van der Waals surface area contributed by atoms with Crippen molar-refractivity contribution in [1.29, 1.82) is 0 Å². The number of alkyl halides is 6. The fourth-order valence-corrected chi connectivity index (χ4v) is 4.94. The van der Waals surface area contributed by atoms with Crippen molar-refractivity contribution in [3.63, 3.8) is 0 Å². The molecule has 0 radical (unpaired) electrons. The van der Waals surface area contributed by atoms with Gasteiger partial charge in [0, 0.05) is 33.2 Å². The smallest absolute Gasteiger partial charge is 0.390 e. The second-order valence-corrected chi connectivity index (χ2v) is 10.3. The van der Waals surface area contributed by atoms with Crippen LogP contribution in [-0.2, 0) is 12.4 Å². The summed E-state index contributed by atoms with van der Waals surface area (Å²) in [5, 5.41) is 9.13. The molecule has 16 heteroatoms. The predicted octanol–water partition coefficient (Wildman–Crippen LogP) is 5.08. The van der Waals surface area contributed by atoms with Crippen molar-refractivity contribution in [3.8, 4) is 0 Å². The number of urea groups is 1. The van der Waals surface area contributed by atoms with E-state index in [4.69, 9.17) is 0 Å². The number of halogens is 7. The maximum Gasteiger partial charge on any atom is 0.417 e. The Labute approximate surface area is 229 Å². The average molecular weight is 598 g/mol. The number of anilines is 2. The van der Waals surface area contributed by atoms with Gasteiger partial charge in [0.05, 0.1) is 33.5 Å². The van der Waals surface area contributed by atoms with E-state index in [2.05, 4.69) is 4.98 Å². The molecule has 0 saturated carbocycles. The van der Waals surface area contributed by atoms with Gasteiger partial charge in [-0.1, -0.05) is 0 Å². The molecule has 1 fully saturated rings. The van der Waals surface area contributed by atoms with Gasteiger partial charge in [-0.05, 0) is 57.0 Å². The molecule has 40 heavy (non-hydrogen) atoms. The second kappa shape index (κ2) is 11.8. The van der Waals surface area contributed by atoms with Crippen LogP contribution in [0.15, 0.2) is 29.2 Å². The van der Waals surface area contributed by atoms with E-state index in [1.54, 1.807) is 19.0 Å². The van der Waals surface area contributed by atoms with Crippen LogP contribution in [0.5, 0.6) is 0 Å². The van der Waals surface area contributed by atoms with Crippen LogP contribution in [0, 0.1) is 12.7 Å². The molecular formula is C24H26F7N5O3S. The molecule has 1 N–H and O–H groups in total. The van der Waals surface area contributed by atoms with Gasteiger partial charge in [0.25, 0.3) is 5.24 Å². The fourth-order valence-electron chi connectivity index (χ4n) is 3.97. The number of aliphatic hydroxyl groups excluding tert-OH is 1. The number of hydrogen-bond donors (Lipinski definition) is 1. The van der Waals surface area contributed by atoms with Crippen molar-refractivity contribution in [3.05, 3.63) is 46.9 Å². The lowest BCUT2D eigenvalue weighted by Crippen LogP contribution is -2.40. The van der Waals surface area contributed by atoms with Crippen molar-refractivity contribution in [2.45, 2.75) is 30.3 Å². The molecule has 1 aromatic carbocycles. The highest BCUT2D eigenvalue weighted by Gasteiger charge is 2.43. The monoisotopic (exact) mass is 597 g/mol. The summed E-state index contributed by atoms with van der Waals surface area (Å²) in [6, 6.07) is 1.46. The van der Waals surface area contributed by atoms with E-state index in [0.29, 0.717) is 6.07 Å². The Bertz CT molecular complexity index is 1270. The molecule has 8 nitrogen and oxygen atoms in total. The number of pyridine rings is 1. The van der Waals surface area contributed by atoms with Crippen LogP contribution in [0.25, 0.3) is 0 Å². The van der Waals surface area contributed by atoms with Crippen molar-refractivity contribution in [2.24, 2.45) is 0 Å². The third-order valence-electron chi connectivity index (χ3n) is 5.91. The quantitative estimate of drug-likeness (QED) is 0.355. The van der Waals surface area contributed by atoms with E-state index in [9.17, 15) is 45.4 Å². The number of hydrogen-bond acceptors (Lipinski definition) is 6. The van der Waals surface area contributed by atoms with Gasteiger partial charge in [0.2, 0.25) is 0 Å². The minimum atomic E-state index is -5.33. The van der Waals surface area contributed by atoms with Gasteiger partial charge in [0.15, 0.2) is 0 Å². The number of thioether (sulfide) groups is 1. The number of benzene rings is 1. The fraction of sp³-hybridized carbons (Fsp3) is 0.458. The summed E-state index contributed by atoms with van der Waals surface area (Å²) in [5.74, 6) is -0.800. The topological polar surface area (TPSA) is 80.2 Å². The maximum absolute atomic E-state index is 14.1. The number of amides is 3. The number of rotatable bonds is 7. The first-order valence-corrected chi connectivity index (χ1v) is 12.5. The highest BCUT2D eigenvalue weighted by molar-refractivity contribution is 8.14. The average Bonchev–Trinajstić information content (AvgIpc) is 3.17. The van der Waals surface area contributed by atoms with Gasteiger partial charge < -0.3 is 14.9 Å². The summed E-state index contributed by atoms with van der Waals surface area (Å²) in [6.07, 6.45) is -11.5. The van der Waals surface area contributed by atoms with Crippen molar-refractivity contribution >= 4 is 34.5 Å². The Hall–Kier alpha value is -3.11. The lowest BCUT2D eigenvalue weighted by atomic mass is 10.1. The van der Waals surface area contributed by atoms with Crippen LogP contribution < -0.4 is 9.80 Å². The molecule has 2 aromatic rings. The minimum Gasteiger partial charge on any atom is -0.390 e. The standard InChI is InChI=1S/C24H26F7N5O3S/c1-13-17(25)5-6-19(32-13)34(4)22(39)40-20-16(24(29,30)31)9-14(23(26,27)28)10-18(20)36-8-7-35(21(36)38)12-15(37)11-33(2)3/h5-6,9-10,15,37H,7-8,11-12H2,1-4H3. The number of aromatic nitrogens is 1. The molecule has 2 heterocycles. The van der Waals surface area contributed by atoms with Crippen molar-refractivity contribution in [2.75, 3.05) is 57.1 Å². The molecule has 220 valence electrons. The number of carbonyl (C=O) groups is 2. The molecule has 1 unspecified atom stereocenters. The summed E-state index contributed by atoms with van der Waals surface area (Å²) < 4.78 is 96.9. The summed E-state index contributed by atoms with van der Waals surface area (Å²) in [7, 11) is 4.49. The van der Waals surface area contributed by atoms with E-state index in [1.165, 1.54) is 6.92 Å². The third-order valence-corrected chi connectivity index (χ3v) is 6.99. The van der Waals surface area contributed by atoms with Crippen LogP contribution in [0.4, 0.5) is 51.8 Å². The lowest BCUT2D eigenvalue weighted by Gasteiger charge is -2.26. The molecular weight excluding hydrogens is 571 g/mol. The van der Waals surface area contributed by atoms with Crippen LogP contribution in [0.3, 0.4) is 0 Å². The predicted molar refractivity (Wildman–Crippen MR) is 134 cm³/mol. The van der Waals surface area contributed by atoms with Crippen LogP contribution in [0.1, 0.15) is 16.8 Å². The van der Waals surface area contributed by atoms with E-state index < -0.39 is 57.3 Å². The first kappa shape index (κ1) is 31.4. The Balaban J connectivity index is 2.07. The highest BCUT2D eigenvalue weighted by Crippen LogP contribution is 2.47. The van der Waals surface area contributed by atoms with E-state index in [0.717, 1.165) is 33.9 Å². The summed E-state index contributed by atoms with van der Waals surface area (Å²) >= 11 is -0.0341. The normalized spacial score (nSPS) is 15.3. The first-order chi connectivity index (χ1) is 18.4. The number of nitrogens with zero attached hydrogens (tertiary/aromatic N) is 5. The van der Waals surface area contributed by atoms with Gasteiger partial charge >= 0.3 is 18.4 Å². The van der Waals surface area contributed by atoms with Crippen molar-refractivity contribution < 1.29 is 45.4 Å². The summed E-state index contributed by atoms with van der Waals surface area (Å²) in [5.41, 5.74) is -4.26. The number of β-amino-alcohol motifs (C(OH)–C–C–N with tert-alkyl or cyclic N) is 1. The Kier molecular flexibility index (Phi) is 9.26. The van der Waals surface area contributed by atoms with E-state index >= 15 is 0 Å².